The Morgan fingerprint density at radius 2 is 1.70 bits per heavy atom. The van der Waals surface area contributed by atoms with E-state index in [4.69, 9.17) is 0 Å². The lowest BCUT2D eigenvalue weighted by molar-refractivity contribution is -0.117. The molecule has 1 saturated heterocycles. The standard InChI is InChI=1S/C20H19F2N3O2/c1-23-18-5-3-15(10-14(18)12-19(23)26)24-6-8-25(9-7-24)20(27)13-2-4-16(21)17(22)11-13/h2-5,10-11H,6-9,12H2,1H3. The quantitative estimate of drug-likeness (QED) is 0.815. The molecule has 4 rings (SSSR count). The third-order valence-corrected chi connectivity index (χ3v) is 5.24. The Kier molecular flexibility index (Phi) is 4.30. The van der Waals surface area contributed by atoms with E-state index in [1.54, 1.807) is 16.8 Å². The minimum Gasteiger partial charge on any atom is -0.368 e. The summed E-state index contributed by atoms with van der Waals surface area (Å²) in [6.45, 7) is 2.26. The number of fused-ring (bicyclic) bond motifs is 1. The Labute approximate surface area is 155 Å². The molecule has 0 unspecified atom stereocenters. The summed E-state index contributed by atoms with van der Waals surface area (Å²) in [5, 5.41) is 0. The van der Waals surface area contributed by atoms with Crippen molar-refractivity contribution in [2.75, 3.05) is 43.0 Å². The number of amides is 2. The van der Waals surface area contributed by atoms with Gasteiger partial charge in [0, 0.05) is 50.2 Å². The van der Waals surface area contributed by atoms with Crippen LogP contribution < -0.4 is 9.80 Å². The van der Waals surface area contributed by atoms with Crippen LogP contribution in [0.1, 0.15) is 15.9 Å². The lowest BCUT2D eigenvalue weighted by atomic mass is 10.1. The van der Waals surface area contributed by atoms with E-state index in [0.717, 1.165) is 29.1 Å². The number of carbonyl (C=O) groups excluding carboxylic acids is 2. The number of halogens is 2. The molecule has 0 atom stereocenters. The SMILES string of the molecule is CN1C(=O)Cc2cc(N3CCN(C(=O)c4ccc(F)c(F)c4)CC3)ccc21. The predicted octanol–water partition coefficient (Wildman–Crippen LogP) is 2.45. The van der Waals surface area contributed by atoms with Crippen LogP contribution in [0.4, 0.5) is 20.2 Å². The number of nitrogens with zero attached hydrogens (tertiary/aromatic N) is 3. The van der Waals surface area contributed by atoms with Crippen molar-refractivity contribution in [3.8, 4) is 0 Å². The van der Waals surface area contributed by atoms with E-state index in [1.807, 2.05) is 18.2 Å². The highest BCUT2D eigenvalue weighted by Gasteiger charge is 2.27. The van der Waals surface area contributed by atoms with Gasteiger partial charge in [0.05, 0.1) is 6.42 Å². The van der Waals surface area contributed by atoms with Gasteiger partial charge in [-0.15, -0.1) is 0 Å². The van der Waals surface area contributed by atoms with Gasteiger partial charge in [0.1, 0.15) is 0 Å². The van der Waals surface area contributed by atoms with E-state index < -0.39 is 11.6 Å². The number of carbonyl (C=O) groups is 2. The third-order valence-electron chi connectivity index (χ3n) is 5.24. The van der Waals surface area contributed by atoms with Gasteiger partial charge in [0.2, 0.25) is 5.91 Å². The minimum atomic E-state index is -1.02. The number of anilines is 2. The molecule has 2 aromatic carbocycles. The summed E-state index contributed by atoms with van der Waals surface area (Å²) in [5.41, 5.74) is 3.13. The summed E-state index contributed by atoms with van der Waals surface area (Å²) in [4.78, 5) is 29.8. The highest BCUT2D eigenvalue weighted by Crippen LogP contribution is 2.31. The highest BCUT2D eigenvalue weighted by atomic mass is 19.2. The summed E-state index contributed by atoms with van der Waals surface area (Å²) in [7, 11) is 1.77. The minimum absolute atomic E-state index is 0.0871. The summed E-state index contributed by atoms with van der Waals surface area (Å²) in [6.07, 6.45) is 0.411. The zero-order chi connectivity index (χ0) is 19.1. The molecule has 140 valence electrons. The molecule has 1 fully saturated rings. The molecule has 2 heterocycles. The van der Waals surface area contributed by atoms with Crippen molar-refractivity contribution in [3.05, 3.63) is 59.2 Å². The van der Waals surface area contributed by atoms with Crippen molar-refractivity contribution in [2.45, 2.75) is 6.42 Å². The van der Waals surface area contributed by atoms with Gasteiger partial charge in [-0.3, -0.25) is 9.59 Å². The number of benzene rings is 2. The normalized spacial score (nSPS) is 16.7. The van der Waals surface area contributed by atoms with Crippen LogP contribution in [-0.4, -0.2) is 49.9 Å². The molecule has 0 saturated carbocycles. The third kappa shape index (κ3) is 3.13. The molecule has 5 nitrogen and oxygen atoms in total. The van der Waals surface area contributed by atoms with E-state index in [2.05, 4.69) is 4.90 Å². The zero-order valence-corrected chi connectivity index (χ0v) is 14.9. The van der Waals surface area contributed by atoms with Gasteiger partial charge in [-0.05, 0) is 42.0 Å². The molecular weight excluding hydrogens is 352 g/mol. The fourth-order valence-corrected chi connectivity index (χ4v) is 3.63. The van der Waals surface area contributed by atoms with Crippen LogP contribution in [0.25, 0.3) is 0 Å². The van der Waals surface area contributed by atoms with Crippen LogP contribution in [0.15, 0.2) is 36.4 Å². The van der Waals surface area contributed by atoms with Crippen molar-refractivity contribution in [1.29, 1.82) is 0 Å². The molecule has 0 radical (unpaired) electrons. The van der Waals surface area contributed by atoms with Gasteiger partial charge in [-0.1, -0.05) is 0 Å². The Morgan fingerprint density at radius 3 is 2.41 bits per heavy atom. The van der Waals surface area contributed by atoms with Crippen molar-refractivity contribution in [3.63, 3.8) is 0 Å². The van der Waals surface area contributed by atoms with Gasteiger partial charge >= 0.3 is 0 Å². The first-order valence-corrected chi connectivity index (χ1v) is 8.83. The molecule has 0 aromatic heterocycles. The molecule has 0 spiro atoms. The lowest BCUT2D eigenvalue weighted by Gasteiger charge is -2.36. The van der Waals surface area contributed by atoms with Gasteiger partial charge < -0.3 is 14.7 Å². The molecule has 2 aliphatic rings. The molecule has 0 aliphatic carbocycles. The summed E-state index contributed by atoms with van der Waals surface area (Å²) in [5.74, 6) is -2.19. The maximum Gasteiger partial charge on any atom is 0.254 e. The maximum absolute atomic E-state index is 13.4. The van der Waals surface area contributed by atoms with Crippen molar-refractivity contribution >= 4 is 23.2 Å². The molecule has 2 amide bonds. The topological polar surface area (TPSA) is 43.9 Å². The highest BCUT2D eigenvalue weighted by molar-refractivity contribution is 6.01. The lowest BCUT2D eigenvalue weighted by Crippen LogP contribution is -2.48. The number of hydrogen-bond acceptors (Lipinski definition) is 3. The number of likely N-dealkylation sites (N-methyl/N-ethyl adjacent to an activating group) is 1. The first-order chi connectivity index (χ1) is 12.9. The smallest absolute Gasteiger partial charge is 0.254 e. The van der Waals surface area contributed by atoms with Gasteiger partial charge in [-0.2, -0.15) is 0 Å². The molecule has 2 aromatic rings. The van der Waals surface area contributed by atoms with E-state index in [1.165, 1.54) is 6.07 Å². The predicted molar refractivity (Wildman–Crippen MR) is 98.0 cm³/mol. The van der Waals surface area contributed by atoms with Crippen molar-refractivity contribution in [1.82, 2.24) is 4.90 Å². The first-order valence-electron chi connectivity index (χ1n) is 8.83. The Hall–Kier alpha value is -2.96. The second kappa shape index (κ2) is 6.64. The zero-order valence-electron chi connectivity index (χ0n) is 14.9. The van der Waals surface area contributed by atoms with E-state index >= 15 is 0 Å². The van der Waals surface area contributed by atoms with E-state index in [-0.39, 0.29) is 17.4 Å². The van der Waals surface area contributed by atoms with Crippen LogP contribution in [-0.2, 0) is 11.2 Å². The second-order valence-electron chi connectivity index (χ2n) is 6.85. The monoisotopic (exact) mass is 371 g/mol. The second-order valence-corrected chi connectivity index (χ2v) is 6.85. The summed E-state index contributed by atoms with van der Waals surface area (Å²) in [6, 6.07) is 9.19. The molecular formula is C20H19F2N3O2. The number of piperazine rings is 1. The molecule has 0 bridgehead atoms. The van der Waals surface area contributed by atoms with E-state index in [9.17, 15) is 18.4 Å². The van der Waals surface area contributed by atoms with Crippen LogP contribution in [0.5, 0.6) is 0 Å². The molecule has 27 heavy (non-hydrogen) atoms. The van der Waals surface area contributed by atoms with Crippen LogP contribution >= 0.6 is 0 Å². The molecule has 7 heteroatoms. The average Bonchev–Trinajstić information content (AvgIpc) is 2.97. The largest absolute Gasteiger partial charge is 0.368 e. The summed E-state index contributed by atoms with van der Waals surface area (Å²) < 4.78 is 26.4. The van der Waals surface area contributed by atoms with Gasteiger partial charge in [0.25, 0.3) is 5.91 Å². The average molecular weight is 371 g/mol. The fourth-order valence-electron chi connectivity index (χ4n) is 3.63. The van der Waals surface area contributed by atoms with Crippen LogP contribution in [0.2, 0.25) is 0 Å². The molecule has 2 aliphatic heterocycles. The van der Waals surface area contributed by atoms with E-state index in [0.29, 0.717) is 32.6 Å². The maximum atomic E-state index is 13.4. The van der Waals surface area contributed by atoms with Crippen LogP contribution in [0, 0.1) is 11.6 Å². The Bertz CT molecular complexity index is 923. The fraction of sp³-hybridized carbons (Fsp3) is 0.300. The van der Waals surface area contributed by atoms with Crippen molar-refractivity contribution < 1.29 is 18.4 Å². The number of rotatable bonds is 2. The van der Waals surface area contributed by atoms with Crippen molar-refractivity contribution in [2.24, 2.45) is 0 Å². The molecule has 0 N–H and O–H groups in total. The van der Waals surface area contributed by atoms with Gasteiger partial charge in [0.15, 0.2) is 11.6 Å². The number of hydrogen-bond donors (Lipinski definition) is 0. The Balaban J connectivity index is 1.43. The first kappa shape index (κ1) is 17.5. The Morgan fingerprint density at radius 1 is 0.963 bits per heavy atom. The van der Waals surface area contributed by atoms with Crippen LogP contribution in [0.3, 0.4) is 0 Å². The summed E-state index contributed by atoms with van der Waals surface area (Å²) >= 11 is 0. The van der Waals surface area contributed by atoms with Gasteiger partial charge in [-0.25, -0.2) is 8.78 Å².